The fourth-order valence-electron chi connectivity index (χ4n) is 3.58. The number of benzene rings is 1. The van der Waals surface area contributed by atoms with Crippen molar-refractivity contribution in [3.8, 4) is 0 Å². The van der Waals surface area contributed by atoms with Gasteiger partial charge in [-0.2, -0.15) is 5.10 Å². The Morgan fingerprint density at radius 3 is 2.87 bits per heavy atom. The fourth-order valence-corrected chi connectivity index (χ4v) is 3.58. The van der Waals surface area contributed by atoms with Gasteiger partial charge in [-0.1, -0.05) is 18.2 Å². The second-order valence-corrected chi connectivity index (χ2v) is 6.44. The van der Waals surface area contributed by atoms with Crippen LogP contribution in [0.15, 0.2) is 24.3 Å². The van der Waals surface area contributed by atoms with E-state index in [0.29, 0.717) is 25.3 Å². The average Bonchev–Trinajstić information content (AvgIpc) is 3.01. The van der Waals surface area contributed by atoms with E-state index in [9.17, 15) is 4.79 Å². The predicted molar refractivity (Wildman–Crippen MR) is 87.7 cm³/mol. The van der Waals surface area contributed by atoms with Crippen molar-refractivity contribution in [3.05, 3.63) is 52.2 Å². The molecular formula is C18H20N4O. The zero-order valence-electron chi connectivity index (χ0n) is 13.1. The molecular weight excluding hydrogens is 288 g/mol. The minimum Gasteiger partial charge on any atom is -0.382 e. The number of hydrogen-bond acceptors (Lipinski definition) is 4. The van der Waals surface area contributed by atoms with Gasteiger partial charge in [0.15, 0.2) is 0 Å². The molecule has 0 bridgehead atoms. The van der Waals surface area contributed by atoms with Gasteiger partial charge in [0.2, 0.25) is 5.91 Å². The third-order valence-corrected chi connectivity index (χ3v) is 4.83. The maximum Gasteiger partial charge on any atom is 0.227 e. The van der Waals surface area contributed by atoms with Gasteiger partial charge in [-0.05, 0) is 47.6 Å². The van der Waals surface area contributed by atoms with Crippen LogP contribution in [0.25, 0.3) is 0 Å². The lowest BCUT2D eigenvalue weighted by Gasteiger charge is -2.28. The van der Waals surface area contributed by atoms with Crippen molar-refractivity contribution < 1.29 is 4.79 Å². The van der Waals surface area contributed by atoms with E-state index in [1.54, 1.807) is 0 Å². The largest absolute Gasteiger partial charge is 0.382 e. The van der Waals surface area contributed by atoms with Crippen LogP contribution in [0.2, 0.25) is 0 Å². The first-order valence-corrected chi connectivity index (χ1v) is 8.18. The lowest BCUT2D eigenvalue weighted by Crippen LogP contribution is -2.37. The Morgan fingerprint density at radius 2 is 1.96 bits per heavy atom. The molecule has 0 atom stereocenters. The van der Waals surface area contributed by atoms with Crippen molar-refractivity contribution in [1.29, 1.82) is 0 Å². The quantitative estimate of drug-likeness (QED) is 0.916. The number of fused-ring (bicyclic) bond motifs is 2. The molecule has 1 aliphatic heterocycles. The van der Waals surface area contributed by atoms with Crippen molar-refractivity contribution in [3.63, 3.8) is 0 Å². The van der Waals surface area contributed by atoms with E-state index < -0.39 is 0 Å². The van der Waals surface area contributed by atoms with E-state index in [0.717, 1.165) is 29.7 Å². The molecule has 1 aromatic carbocycles. The molecule has 5 heteroatoms. The summed E-state index contributed by atoms with van der Waals surface area (Å²) >= 11 is 0. The average molecular weight is 308 g/mol. The number of nitrogens with zero attached hydrogens (tertiary/aromatic N) is 3. The van der Waals surface area contributed by atoms with Crippen LogP contribution in [0.3, 0.4) is 0 Å². The molecule has 0 radical (unpaired) electrons. The molecule has 0 saturated carbocycles. The molecule has 118 valence electrons. The van der Waals surface area contributed by atoms with Gasteiger partial charge in [-0.15, -0.1) is 5.10 Å². The van der Waals surface area contributed by atoms with Gasteiger partial charge in [-0.3, -0.25) is 4.79 Å². The predicted octanol–water partition coefficient (Wildman–Crippen LogP) is 1.67. The summed E-state index contributed by atoms with van der Waals surface area (Å²) in [6.45, 7) is 1.29. The van der Waals surface area contributed by atoms with Crippen LogP contribution in [0.5, 0.6) is 0 Å². The third kappa shape index (κ3) is 2.79. The lowest BCUT2D eigenvalue weighted by atomic mass is 10.0. The number of hydrogen-bond donors (Lipinski definition) is 1. The molecule has 0 unspecified atom stereocenters. The molecule has 1 amide bonds. The summed E-state index contributed by atoms with van der Waals surface area (Å²) in [6, 6.07) is 8.33. The summed E-state index contributed by atoms with van der Waals surface area (Å²) < 4.78 is 0. The summed E-state index contributed by atoms with van der Waals surface area (Å²) in [7, 11) is 0. The number of carbonyl (C=O) groups excluding carboxylic acids is 1. The smallest absolute Gasteiger partial charge is 0.227 e. The summed E-state index contributed by atoms with van der Waals surface area (Å²) in [5.74, 6) is 0.584. The Bertz CT molecular complexity index is 772. The van der Waals surface area contributed by atoms with E-state index in [2.05, 4.69) is 28.4 Å². The van der Waals surface area contributed by atoms with Crippen LogP contribution < -0.4 is 5.73 Å². The molecule has 2 aromatic rings. The monoisotopic (exact) mass is 308 g/mol. The second-order valence-electron chi connectivity index (χ2n) is 6.44. The first kappa shape index (κ1) is 14.2. The minimum absolute atomic E-state index is 0.170. The van der Waals surface area contributed by atoms with E-state index in [-0.39, 0.29) is 5.91 Å². The molecule has 1 aromatic heterocycles. The number of nitrogens with two attached hydrogens (primary N) is 1. The highest BCUT2D eigenvalue weighted by molar-refractivity contribution is 5.79. The van der Waals surface area contributed by atoms with E-state index in [1.807, 2.05) is 11.0 Å². The molecule has 2 N–H and O–H groups in total. The lowest BCUT2D eigenvalue weighted by molar-refractivity contribution is -0.131. The summed E-state index contributed by atoms with van der Waals surface area (Å²) in [5, 5.41) is 8.01. The van der Waals surface area contributed by atoms with Gasteiger partial charge in [0.1, 0.15) is 5.82 Å². The van der Waals surface area contributed by atoms with Crippen LogP contribution in [0.1, 0.15) is 34.4 Å². The number of aromatic nitrogens is 2. The van der Waals surface area contributed by atoms with Crippen molar-refractivity contribution >= 4 is 11.7 Å². The molecule has 4 rings (SSSR count). The molecule has 5 nitrogen and oxygen atoms in total. The molecule has 2 aliphatic rings. The van der Waals surface area contributed by atoms with Crippen LogP contribution in [0, 0.1) is 0 Å². The van der Waals surface area contributed by atoms with Crippen molar-refractivity contribution in [1.82, 2.24) is 15.1 Å². The first-order valence-electron chi connectivity index (χ1n) is 8.18. The van der Waals surface area contributed by atoms with Gasteiger partial charge >= 0.3 is 0 Å². The highest BCUT2D eigenvalue weighted by Crippen LogP contribution is 2.24. The highest BCUT2D eigenvalue weighted by Gasteiger charge is 2.22. The topological polar surface area (TPSA) is 72.1 Å². The van der Waals surface area contributed by atoms with Crippen LogP contribution >= 0.6 is 0 Å². The number of rotatable bonds is 2. The van der Waals surface area contributed by atoms with Gasteiger partial charge in [0.25, 0.3) is 0 Å². The number of aryl methyl sites for hydroxylation is 2. The molecule has 0 fully saturated rings. The van der Waals surface area contributed by atoms with Crippen molar-refractivity contribution in [2.24, 2.45) is 0 Å². The molecule has 0 spiro atoms. The first-order chi connectivity index (χ1) is 11.2. The van der Waals surface area contributed by atoms with Crippen LogP contribution in [-0.2, 0) is 37.0 Å². The van der Waals surface area contributed by atoms with Crippen LogP contribution in [-0.4, -0.2) is 27.5 Å². The molecule has 23 heavy (non-hydrogen) atoms. The van der Waals surface area contributed by atoms with Gasteiger partial charge in [0.05, 0.1) is 12.1 Å². The van der Waals surface area contributed by atoms with Crippen LogP contribution in [0.4, 0.5) is 5.82 Å². The Morgan fingerprint density at radius 1 is 1.09 bits per heavy atom. The van der Waals surface area contributed by atoms with Crippen molar-refractivity contribution in [2.45, 2.75) is 38.6 Å². The zero-order valence-corrected chi connectivity index (χ0v) is 13.1. The van der Waals surface area contributed by atoms with E-state index in [4.69, 9.17) is 5.73 Å². The molecule has 1 aliphatic carbocycles. The maximum atomic E-state index is 12.6. The standard InChI is InChI=1S/C18H20N4O/c19-17-10-15-11-22(7-6-16(15)20-21-17)18(23)9-12-4-5-13-2-1-3-14(13)8-12/h4-5,8,10H,1-3,6-7,9,11H2,(H2,19,21). The molecule has 2 heterocycles. The Hall–Kier alpha value is -2.43. The molecule has 0 saturated heterocycles. The SMILES string of the molecule is Nc1cc2c(nn1)CCN(C(=O)Cc1ccc3c(c1)CCC3)C2. The zero-order chi connectivity index (χ0) is 15.8. The number of carbonyl (C=O) groups is 1. The third-order valence-electron chi connectivity index (χ3n) is 4.83. The number of nitrogen functional groups attached to an aromatic ring is 1. The minimum atomic E-state index is 0.170. The van der Waals surface area contributed by atoms with Gasteiger partial charge in [-0.25, -0.2) is 0 Å². The Balaban J connectivity index is 1.47. The summed E-state index contributed by atoms with van der Waals surface area (Å²) in [5.41, 5.74) is 11.7. The fraction of sp³-hybridized carbons (Fsp3) is 0.389. The van der Waals surface area contributed by atoms with Gasteiger partial charge < -0.3 is 10.6 Å². The van der Waals surface area contributed by atoms with E-state index in [1.165, 1.54) is 24.0 Å². The normalized spacial score (nSPS) is 16.1. The Labute approximate surface area is 135 Å². The van der Waals surface area contributed by atoms with Crippen molar-refractivity contribution in [2.75, 3.05) is 12.3 Å². The Kier molecular flexibility index (Phi) is 3.48. The summed E-state index contributed by atoms with van der Waals surface area (Å²) in [6.07, 6.45) is 4.77. The summed E-state index contributed by atoms with van der Waals surface area (Å²) in [4.78, 5) is 14.5. The second kappa shape index (κ2) is 5.65. The van der Waals surface area contributed by atoms with E-state index >= 15 is 0 Å². The number of amides is 1. The maximum absolute atomic E-state index is 12.6. The van der Waals surface area contributed by atoms with Gasteiger partial charge in [0, 0.05) is 19.5 Å². The highest BCUT2D eigenvalue weighted by atomic mass is 16.2. The number of anilines is 1.